The molecule has 3 saturated carbocycles. The van der Waals surface area contributed by atoms with Crippen LogP contribution in [0.25, 0.3) is 0 Å². The Morgan fingerprint density at radius 2 is 1.76 bits per heavy atom. The lowest BCUT2D eigenvalue weighted by atomic mass is 9.47. The van der Waals surface area contributed by atoms with Crippen molar-refractivity contribution in [2.45, 2.75) is 111 Å². The Kier molecular flexibility index (Phi) is 9.33. The SMILES string of the molecule is CC(C)CCC[C@H](C)[C@@H]1CC[C@@H]2[C@H]3CC=C4C[C@@H](OC(=O)c5ccc(NC(=O)CS)cc5)CC[C@]4(C)[C@@H]3CC[C@@]21C. The topological polar surface area (TPSA) is 55.4 Å². The molecule has 0 saturated heterocycles. The molecule has 5 rings (SSSR count). The summed E-state index contributed by atoms with van der Waals surface area (Å²) in [5.74, 6) is 4.69. The maximum Gasteiger partial charge on any atom is 0.338 e. The van der Waals surface area contributed by atoms with Gasteiger partial charge < -0.3 is 10.1 Å². The van der Waals surface area contributed by atoms with Gasteiger partial charge in [-0.3, -0.25) is 4.79 Å². The van der Waals surface area contributed by atoms with Gasteiger partial charge in [0.2, 0.25) is 5.91 Å². The summed E-state index contributed by atoms with van der Waals surface area (Å²) in [4.78, 5) is 24.5. The first-order valence-corrected chi connectivity index (χ1v) is 17.1. The molecule has 1 amide bonds. The first-order valence-electron chi connectivity index (χ1n) is 16.5. The van der Waals surface area contributed by atoms with E-state index in [0.717, 1.165) is 54.8 Å². The van der Waals surface area contributed by atoms with Crippen LogP contribution in [0, 0.1) is 46.3 Å². The average Bonchev–Trinajstić information content (AvgIpc) is 3.30. The summed E-state index contributed by atoms with van der Waals surface area (Å²) in [5, 5.41) is 2.76. The van der Waals surface area contributed by atoms with Gasteiger partial charge in [0.05, 0.1) is 11.3 Å². The summed E-state index contributed by atoms with van der Waals surface area (Å²) in [6.07, 6.45) is 16.4. The highest BCUT2D eigenvalue weighted by Crippen LogP contribution is 2.67. The first-order chi connectivity index (χ1) is 19.5. The third kappa shape index (κ3) is 6.17. The largest absolute Gasteiger partial charge is 0.458 e. The van der Waals surface area contributed by atoms with Gasteiger partial charge in [0.15, 0.2) is 0 Å². The lowest BCUT2D eigenvalue weighted by Gasteiger charge is -2.58. The highest BCUT2D eigenvalue weighted by atomic mass is 32.1. The van der Waals surface area contributed by atoms with E-state index in [2.05, 4.69) is 58.6 Å². The maximum atomic E-state index is 13.0. The van der Waals surface area contributed by atoms with Gasteiger partial charge in [-0.2, -0.15) is 12.6 Å². The van der Waals surface area contributed by atoms with Crippen LogP contribution in [0.3, 0.4) is 0 Å². The van der Waals surface area contributed by atoms with Gasteiger partial charge in [0, 0.05) is 12.1 Å². The molecule has 1 N–H and O–H groups in total. The van der Waals surface area contributed by atoms with Crippen LogP contribution in [0.5, 0.6) is 0 Å². The van der Waals surface area contributed by atoms with Gasteiger partial charge in [-0.05, 0) is 116 Å². The summed E-state index contributed by atoms with van der Waals surface area (Å²) in [6.45, 7) is 12.5. The highest BCUT2D eigenvalue weighted by molar-refractivity contribution is 7.81. The van der Waals surface area contributed by atoms with Crippen molar-refractivity contribution >= 4 is 30.2 Å². The van der Waals surface area contributed by atoms with Crippen LogP contribution >= 0.6 is 12.6 Å². The van der Waals surface area contributed by atoms with Gasteiger partial charge in [0.1, 0.15) is 6.10 Å². The minimum Gasteiger partial charge on any atom is -0.458 e. The number of esters is 1. The summed E-state index contributed by atoms with van der Waals surface area (Å²) < 4.78 is 6.04. The monoisotopic (exact) mass is 579 g/mol. The predicted molar refractivity (Wildman–Crippen MR) is 171 cm³/mol. The van der Waals surface area contributed by atoms with E-state index in [0.29, 0.717) is 16.7 Å². The summed E-state index contributed by atoms with van der Waals surface area (Å²) in [5.41, 5.74) is 3.50. The highest BCUT2D eigenvalue weighted by Gasteiger charge is 2.59. The lowest BCUT2D eigenvalue weighted by molar-refractivity contribution is -0.113. The quantitative estimate of drug-likeness (QED) is 0.174. The van der Waals surface area contributed by atoms with Crippen molar-refractivity contribution in [2.24, 2.45) is 46.3 Å². The first kappa shape index (κ1) is 30.7. The Balaban J connectivity index is 1.21. The fraction of sp³-hybridized carbons (Fsp3) is 0.722. The molecule has 0 aliphatic heterocycles. The number of anilines is 1. The number of ether oxygens (including phenoxy) is 1. The molecule has 0 unspecified atom stereocenters. The van der Waals surface area contributed by atoms with E-state index in [1.165, 1.54) is 51.4 Å². The summed E-state index contributed by atoms with van der Waals surface area (Å²) in [6, 6.07) is 6.95. The molecule has 41 heavy (non-hydrogen) atoms. The number of carbonyl (C=O) groups excluding carboxylic acids is 2. The van der Waals surface area contributed by atoms with Crippen LogP contribution in [0.2, 0.25) is 0 Å². The van der Waals surface area contributed by atoms with Crippen LogP contribution in [-0.4, -0.2) is 23.7 Å². The zero-order chi connectivity index (χ0) is 29.4. The van der Waals surface area contributed by atoms with E-state index in [1.54, 1.807) is 29.8 Å². The molecular formula is C36H53NO3S. The average molecular weight is 580 g/mol. The zero-order valence-electron chi connectivity index (χ0n) is 26.1. The number of rotatable bonds is 9. The molecule has 8 atom stereocenters. The van der Waals surface area contributed by atoms with Crippen LogP contribution in [0.1, 0.15) is 116 Å². The molecule has 4 aliphatic carbocycles. The standard InChI is InChI=1S/C36H53NO3S/c1-23(2)7-6-8-24(3)30-15-16-31-29-14-11-26-21-28(17-19-35(26,4)32(29)18-20-36(30,31)5)40-34(39)25-9-12-27(13-10-25)37-33(38)22-41/h9-13,23-24,28-32,41H,6-8,14-22H2,1-5H3,(H,37,38)/t24-,28-,29+,30-,31+,32+,35-,36+/m0/s1. The number of fused-ring (bicyclic) bond motifs is 5. The number of nitrogens with one attached hydrogen (secondary N) is 1. The second-order valence-corrected chi connectivity index (χ2v) is 15.2. The van der Waals surface area contributed by atoms with Crippen molar-refractivity contribution in [3.05, 3.63) is 41.5 Å². The molecule has 0 aromatic heterocycles. The summed E-state index contributed by atoms with van der Waals surface area (Å²) >= 11 is 3.99. The minimum absolute atomic E-state index is 0.0571. The number of thiol groups is 1. The normalized spacial score (nSPS) is 35.1. The smallest absolute Gasteiger partial charge is 0.338 e. The van der Waals surface area contributed by atoms with Crippen molar-refractivity contribution < 1.29 is 14.3 Å². The third-order valence-electron chi connectivity index (χ3n) is 12.1. The lowest BCUT2D eigenvalue weighted by Crippen LogP contribution is -2.51. The number of allylic oxidation sites excluding steroid dienone is 1. The van der Waals surface area contributed by atoms with Crippen molar-refractivity contribution in [3.8, 4) is 0 Å². The summed E-state index contributed by atoms with van der Waals surface area (Å²) in [7, 11) is 0. The fourth-order valence-electron chi connectivity index (χ4n) is 9.86. The predicted octanol–water partition coefficient (Wildman–Crippen LogP) is 9.12. The number of carbonyl (C=O) groups is 2. The molecule has 5 heteroatoms. The van der Waals surface area contributed by atoms with Crippen LogP contribution in [-0.2, 0) is 9.53 Å². The Morgan fingerprint density at radius 3 is 2.46 bits per heavy atom. The Hall–Kier alpha value is -1.75. The Morgan fingerprint density at radius 1 is 1.00 bits per heavy atom. The van der Waals surface area contributed by atoms with Crippen LogP contribution in [0.4, 0.5) is 5.69 Å². The molecule has 3 fully saturated rings. The van der Waals surface area contributed by atoms with E-state index in [9.17, 15) is 9.59 Å². The van der Waals surface area contributed by atoms with Crippen LogP contribution in [0.15, 0.2) is 35.9 Å². The fourth-order valence-corrected chi connectivity index (χ4v) is 9.94. The van der Waals surface area contributed by atoms with E-state index in [1.807, 2.05) is 0 Å². The van der Waals surface area contributed by atoms with Gasteiger partial charge in [0.25, 0.3) is 0 Å². The third-order valence-corrected chi connectivity index (χ3v) is 12.4. The minimum atomic E-state index is -0.270. The zero-order valence-corrected chi connectivity index (χ0v) is 27.0. The molecule has 226 valence electrons. The Bertz CT molecular complexity index is 1130. The van der Waals surface area contributed by atoms with Crippen molar-refractivity contribution in [3.63, 3.8) is 0 Å². The van der Waals surface area contributed by atoms with E-state index in [4.69, 9.17) is 4.74 Å². The molecule has 1 aromatic rings. The number of amides is 1. The van der Waals surface area contributed by atoms with E-state index >= 15 is 0 Å². The molecule has 4 nitrogen and oxygen atoms in total. The van der Waals surface area contributed by atoms with Crippen molar-refractivity contribution in [1.82, 2.24) is 0 Å². The molecule has 0 radical (unpaired) electrons. The van der Waals surface area contributed by atoms with Crippen molar-refractivity contribution in [2.75, 3.05) is 11.1 Å². The van der Waals surface area contributed by atoms with Gasteiger partial charge >= 0.3 is 5.97 Å². The van der Waals surface area contributed by atoms with Gasteiger partial charge in [-0.1, -0.05) is 65.5 Å². The second kappa shape index (κ2) is 12.5. The molecule has 0 spiro atoms. The van der Waals surface area contributed by atoms with Gasteiger partial charge in [-0.25, -0.2) is 4.79 Å². The maximum absolute atomic E-state index is 13.0. The van der Waals surface area contributed by atoms with E-state index in [-0.39, 0.29) is 29.1 Å². The molecule has 0 heterocycles. The molecule has 4 aliphatic rings. The molecule has 0 bridgehead atoms. The van der Waals surface area contributed by atoms with Crippen LogP contribution < -0.4 is 5.32 Å². The number of benzene rings is 1. The number of hydrogen-bond acceptors (Lipinski definition) is 4. The van der Waals surface area contributed by atoms with Crippen molar-refractivity contribution in [1.29, 1.82) is 0 Å². The molecule has 1 aromatic carbocycles. The van der Waals surface area contributed by atoms with Gasteiger partial charge in [-0.15, -0.1) is 0 Å². The molecular weight excluding hydrogens is 526 g/mol. The number of hydrogen-bond donors (Lipinski definition) is 2. The second-order valence-electron chi connectivity index (χ2n) is 14.8. The Labute approximate surface area is 254 Å². The van der Waals surface area contributed by atoms with E-state index < -0.39 is 0 Å².